The summed E-state index contributed by atoms with van der Waals surface area (Å²) in [7, 11) is 1.36. The first-order valence-corrected chi connectivity index (χ1v) is 5.38. The molecule has 18 heavy (non-hydrogen) atoms. The largest absolute Gasteiger partial charge is 0.494 e. The molecular weight excluding hydrogens is 239 g/mol. The molecule has 0 fully saturated rings. The van der Waals surface area contributed by atoms with Gasteiger partial charge in [0.25, 0.3) is 0 Å². The molecular formula is C12H13FN2O3. The number of carboxylic acids is 1. The molecule has 0 saturated heterocycles. The summed E-state index contributed by atoms with van der Waals surface area (Å²) in [5, 5.41) is 9.71. The van der Waals surface area contributed by atoms with Crippen LogP contribution in [0, 0.1) is 5.82 Å². The second-order valence-corrected chi connectivity index (χ2v) is 3.82. The molecule has 0 aliphatic rings. The van der Waals surface area contributed by atoms with Crippen LogP contribution in [0.5, 0.6) is 5.75 Å². The van der Waals surface area contributed by atoms with Crippen molar-refractivity contribution in [3.63, 3.8) is 0 Å². The van der Waals surface area contributed by atoms with Gasteiger partial charge < -0.3 is 20.1 Å². The van der Waals surface area contributed by atoms with E-state index in [0.29, 0.717) is 17.4 Å². The molecule has 1 aromatic heterocycles. The average Bonchev–Trinajstić information content (AvgIpc) is 2.67. The van der Waals surface area contributed by atoms with Crippen molar-refractivity contribution >= 4 is 16.9 Å². The van der Waals surface area contributed by atoms with Crippen molar-refractivity contribution < 1.29 is 19.0 Å². The van der Waals surface area contributed by atoms with E-state index in [1.807, 2.05) is 0 Å². The van der Waals surface area contributed by atoms with Crippen LogP contribution in [0.4, 0.5) is 4.39 Å². The molecule has 0 amide bonds. The highest BCUT2D eigenvalue weighted by atomic mass is 19.1. The molecule has 2 rings (SSSR count). The predicted molar refractivity (Wildman–Crippen MR) is 64.5 cm³/mol. The molecule has 0 atom stereocenters. The molecule has 0 aliphatic heterocycles. The Balaban J connectivity index is 2.72. The summed E-state index contributed by atoms with van der Waals surface area (Å²) in [6, 6.07) is 4.22. The molecule has 5 nitrogen and oxygen atoms in total. The first kappa shape index (κ1) is 12.4. The number of fused-ring (bicyclic) bond motifs is 1. The Morgan fingerprint density at radius 3 is 2.78 bits per heavy atom. The fraction of sp³-hybridized carbons (Fsp3) is 0.250. The minimum atomic E-state index is -1.07. The summed E-state index contributed by atoms with van der Waals surface area (Å²) < 4.78 is 20.0. The van der Waals surface area contributed by atoms with Crippen LogP contribution in [0.2, 0.25) is 0 Å². The highest BCUT2D eigenvalue weighted by Crippen LogP contribution is 2.27. The third-order valence-corrected chi connectivity index (χ3v) is 2.75. The van der Waals surface area contributed by atoms with E-state index < -0.39 is 11.8 Å². The van der Waals surface area contributed by atoms with Crippen LogP contribution < -0.4 is 10.5 Å². The van der Waals surface area contributed by atoms with E-state index in [1.165, 1.54) is 29.9 Å². The van der Waals surface area contributed by atoms with Gasteiger partial charge in [-0.25, -0.2) is 9.18 Å². The van der Waals surface area contributed by atoms with Gasteiger partial charge in [0.15, 0.2) is 11.6 Å². The Kier molecular flexibility index (Phi) is 3.20. The number of nitrogens with zero attached hydrogens (tertiary/aromatic N) is 1. The van der Waals surface area contributed by atoms with Gasteiger partial charge in [0.1, 0.15) is 5.69 Å². The normalized spacial score (nSPS) is 10.8. The summed E-state index contributed by atoms with van der Waals surface area (Å²) in [5.41, 5.74) is 6.02. The highest BCUT2D eigenvalue weighted by molar-refractivity contribution is 5.95. The van der Waals surface area contributed by atoms with Crippen molar-refractivity contribution in [2.75, 3.05) is 13.7 Å². The third-order valence-electron chi connectivity index (χ3n) is 2.75. The number of benzene rings is 1. The van der Waals surface area contributed by atoms with Crippen molar-refractivity contribution in [2.24, 2.45) is 5.73 Å². The topological polar surface area (TPSA) is 77.5 Å². The minimum absolute atomic E-state index is 0.0862. The number of aromatic nitrogens is 1. The first-order valence-electron chi connectivity index (χ1n) is 5.38. The van der Waals surface area contributed by atoms with E-state index in [4.69, 9.17) is 15.6 Å². The maximum Gasteiger partial charge on any atom is 0.352 e. The average molecular weight is 252 g/mol. The smallest absolute Gasteiger partial charge is 0.352 e. The van der Waals surface area contributed by atoms with E-state index in [1.54, 1.807) is 0 Å². The predicted octanol–water partition coefficient (Wildman–Crippen LogP) is 1.45. The van der Waals surface area contributed by atoms with Gasteiger partial charge in [-0.2, -0.15) is 0 Å². The zero-order valence-corrected chi connectivity index (χ0v) is 9.81. The van der Waals surface area contributed by atoms with E-state index in [2.05, 4.69) is 0 Å². The molecule has 1 heterocycles. The summed E-state index contributed by atoms with van der Waals surface area (Å²) in [6.45, 7) is 0.592. The van der Waals surface area contributed by atoms with Crippen LogP contribution in [0.1, 0.15) is 10.5 Å². The number of hydrogen-bond acceptors (Lipinski definition) is 3. The van der Waals surface area contributed by atoms with Crippen molar-refractivity contribution in [2.45, 2.75) is 6.54 Å². The number of rotatable bonds is 4. The lowest BCUT2D eigenvalue weighted by Crippen LogP contribution is -2.14. The van der Waals surface area contributed by atoms with Gasteiger partial charge in [0, 0.05) is 24.5 Å². The van der Waals surface area contributed by atoms with Crippen LogP contribution in [0.15, 0.2) is 18.2 Å². The van der Waals surface area contributed by atoms with Gasteiger partial charge in [-0.1, -0.05) is 0 Å². The van der Waals surface area contributed by atoms with Crippen LogP contribution >= 0.6 is 0 Å². The second kappa shape index (κ2) is 4.66. The van der Waals surface area contributed by atoms with Crippen LogP contribution in [0.3, 0.4) is 0 Å². The molecule has 0 radical (unpaired) electrons. The number of carbonyl (C=O) groups is 1. The fourth-order valence-corrected chi connectivity index (χ4v) is 1.97. The van der Waals surface area contributed by atoms with Gasteiger partial charge >= 0.3 is 5.97 Å². The second-order valence-electron chi connectivity index (χ2n) is 3.82. The van der Waals surface area contributed by atoms with Crippen molar-refractivity contribution in [3.05, 3.63) is 29.7 Å². The Bertz CT molecular complexity index is 607. The Morgan fingerprint density at radius 2 is 2.22 bits per heavy atom. The molecule has 2 aromatic rings. The van der Waals surface area contributed by atoms with Crippen molar-refractivity contribution in [1.29, 1.82) is 0 Å². The molecule has 96 valence electrons. The van der Waals surface area contributed by atoms with Crippen molar-refractivity contribution in [1.82, 2.24) is 4.57 Å². The standard InChI is InChI=1S/C12H13FN2O3/c1-18-11-5-7-4-10(12(16)17)15(3-2-14)9(7)6-8(11)13/h4-6H,2-3,14H2,1H3,(H,16,17). The summed E-state index contributed by atoms with van der Waals surface area (Å²) in [6.07, 6.45) is 0. The zero-order chi connectivity index (χ0) is 13.3. The lowest BCUT2D eigenvalue weighted by molar-refractivity contribution is 0.0686. The number of nitrogens with two attached hydrogens (primary N) is 1. The maximum atomic E-state index is 13.6. The monoisotopic (exact) mass is 252 g/mol. The quantitative estimate of drug-likeness (QED) is 0.863. The first-order chi connectivity index (χ1) is 8.58. The minimum Gasteiger partial charge on any atom is -0.494 e. The lowest BCUT2D eigenvalue weighted by Gasteiger charge is -2.07. The molecule has 0 aliphatic carbocycles. The van der Waals surface area contributed by atoms with E-state index in [9.17, 15) is 9.18 Å². The summed E-state index contributed by atoms with van der Waals surface area (Å²) in [4.78, 5) is 11.1. The molecule has 0 spiro atoms. The van der Waals surface area contributed by atoms with Crippen molar-refractivity contribution in [3.8, 4) is 5.75 Å². The summed E-state index contributed by atoms with van der Waals surface area (Å²) >= 11 is 0. The number of aromatic carboxylic acids is 1. The number of methoxy groups -OCH3 is 1. The number of carboxylic acid groups (broad SMARTS) is 1. The highest BCUT2D eigenvalue weighted by Gasteiger charge is 2.16. The van der Waals surface area contributed by atoms with E-state index >= 15 is 0 Å². The fourth-order valence-electron chi connectivity index (χ4n) is 1.97. The van der Waals surface area contributed by atoms with E-state index in [-0.39, 0.29) is 18.0 Å². The number of ether oxygens (including phenoxy) is 1. The van der Waals surface area contributed by atoms with Gasteiger partial charge in [0.05, 0.1) is 12.6 Å². The van der Waals surface area contributed by atoms with E-state index in [0.717, 1.165) is 0 Å². The zero-order valence-electron chi connectivity index (χ0n) is 9.81. The van der Waals surface area contributed by atoms with Gasteiger partial charge in [0.2, 0.25) is 0 Å². The molecule has 1 aromatic carbocycles. The molecule has 6 heteroatoms. The molecule has 0 bridgehead atoms. The van der Waals surface area contributed by atoms with Crippen LogP contribution in [-0.4, -0.2) is 29.3 Å². The Labute approximate surface area is 103 Å². The molecule has 0 unspecified atom stereocenters. The maximum absolute atomic E-state index is 13.6. The Hall–Kier alpha value is -2.08. The SMILES string of the molecule is COc1cc2cc(C(=O)O)n(CCN)c2cc1F. The third kappa shape index (κ3) is 1.91. The van der Waals surface area contributed by atoms with Crippen LogP contribution in [0.25, 0.3) is 10.9 Å². The van der Waals surface area contributed by atoms with Gasteiger partial charge in [-0.3, -0.25) is 0 Å². The van der Waals surface area contributed by atoms with Gasteiger partial charge in [-0.15, -0.1) is 0 Å². The lowest BCUT2D eigenvalue weighted by atomic mass is 10.2. The number of hydrogen-bond donors (Lipinski definition) is 2. The van der Waals surface area contributed by atoms with Gasteiger partial charge in [-0.05, 0) is 12.1 Å². The molecule has 0 saturated carbocycles. The van der Waals surface area contributed by atoms with Crippen LogP contribution in [-0.2, 0) is 6.54 Å². The Morgan fingerprint density at radius 1 is 1.50 bits per heavy atom. The number of halogens is 1. The summed E-state index contributed by atoms with van der Waals surface area (Å²) in [5.74, 6) is -1.51. The molecule has 3 N–H and O–H groups in total.